The number of nitrogens with zero attached hydrogens (tertiary/aromatic N) is 3. The number of anilines is 1. The second kappa shape index (κ2) is 5.68. The van der Waals surface area contributed by atoms with Crippen LogP contribution >= 0.6 is 11.6 Å². The zero-order chi connectivity index (χ0) is 13.8. The van der Waals surface area contributed by atoms with Gasteiger partial charge in [0.05, 0.1) is 16.9 Å². The lowest BCUT2D eigenvalue weighted by Crippen LogP contribution is -2.04. The van der Waals surface area contributed by atoms with Crippen LogP contribution in [0.3, 0.4) is 0 Å². The molecular formula is C14H13ClN4. The zero-order valence-electron chi connectivity index (χ0n) is 10.7. The molecule has 0 atom stereocenters. The fourth-order valence-corrected chi connectivity index (χ4v) is 1.93. The maximum Gasteiger partial charge on any atom is 0.129 e. The molecule has 0 radical (unpaired) electrons. The maximum atomic E-state index is 9.16. The van der Waals surface area contributed by atoms with Crippen molar-refractivity contribution in [3.63, 3.8) is 0 Å². The molecule has 0 aliphatic heterocycles. The molecule has 2 heterocycles. The Morgan fingerprint density at radius 3 is 2.79 bits per heavy atom. The molecule has 0 amide bonds. The first-order valence-corrected chi connectivity index (χ1v) is 6.20. The van der Waals surface area contributed by atoms with E-state index in [9.17, 15) is 0 Å². The summed E-state index contributed by atoms with van der Waals surface area (Å²) in [5.74, 6) is 0. The van der Waals surface area contributed by atoms with Crippen molar-refractivity contribution in [1.29, 1.82) is 5.26 Å². The summed E-state index contributed by atoms with van der Waals surface area (Å²) >= 11 is 5.74. The smallest absolute Gasteiger partial charge is 0.129 e. The summed E-state index contributed by atoms with van der Waals surface area (Å²) in [5.41, 5.74) is 3.99. The van der Waals surface area contributed by atoms with Crippen molar-refractivity contribution in [1.82, 2.24) is 9.97 Å². The Hall–Kier alpha value is -2.12. The predicted octanol–water partition coefficient (Wildman–Crippen LogP) is 3.23. The highest BCUT2D eigenvalue weighted by Crippen LogP contribution is 2.19. The number of hydrogen-bond donors (Lipinski definition) is 1. The van der Waals surface area contributed by atoms with Crippen molar-refractivity contribution in [2.75, 3.05) is 5.32 Å². The Bertz CT molecular complexity index is 629. The Kier molecular flexibility index (Phi) is 3.98. The molecule has 4 nitrogen and oxygen atoms in total. The van der Waals surface area contributed by atoms with E-state index >= 15 is 0 Å². The highest BCUT2D eigenvalue weighted by atomic mass is 35.5. The summed E-state index contributed by atoms with van der Waals surface area (Å²) in [6.45, 7) is 4.32. The van der Waals surface area contributed by atoms with Gasteiger partial charge in [-0.15, -0.1) is 0 Å². The van der Waals surface area contributed by atoms with E-state index in [0.717, 1.165) is 22.6 Å². The third kappa shape index (κ3) is 3.21. The highest BCUT2D eigenvalue weighted by molar-refractivity contribution is 6.29. The van der Waals surface area contributed by atoms with E-state index in [1.165, 1.54) is 0 Å². The van der Waals surface area contributed by atoms with Crippen LogP contribution in [0.5, 0.6) is 0 Å². The largest absolute Gasteiger partial charge is 0.380 e. The van der Waals surface area contributed by atoms with E-state index in [1.807, 2.05) is 26.0 Å². The number of hydrogen-bond acceptors (Lipinski definition) is 4. The molecule has 0 aromatic carbocycles. The van der Waals surface area contributed by atoms with Gasteiger partial charge in [0.25, 0.3) is 0 Å². The van der Waals surface area contributed by atoms with Gasteiger partial charge in [0.1, 0.15) is 11.2 Å². The molecule has 2 rings (SSSR count). The maximum absolute atomic E-state index is 9.16. The summed E-state index contributed by atoms with van der Waals surface area (Å²) in [4.78, 5) is 8.30. The van der Waals surface area contributed by atoms with Crippen molar-refractivity contribution in [3.05, 3.63) is 52.1 Å². The number of rotatable bonds is 3. The minimum Gasteiger partial charge on any atom is -0.380 e. The molecule has 2 aromatic heterocycles. The molecule has 5 heteroatoms. The van der Waals surface area contributed by atoms with Gasteiger partial charge in [-0.1, -0.05) is 17.7 Å². The van der Waals surface area contributed by atoms with E-state index in [0.29, 0.717) is 17.3 Å². The number of halogens is 1. The fraction of sp³-hybridized carbons (Fsp3) is 0.214. The van der Waals surface area contributed by atoms with Crippen molar-refractivity contribution in [3.8, 4) is 6.07 Å². The molecule has 0 saturated heterocycles. The lowest BCUT2D eigenvalue weighted by atomic mass is 10.1. The molecule has 0 bridgehead atoms. The number of aromatic nitrogens is 2. The van der Waals surface area contributed by atoms with Crippen LogP contribution in [0.15, 0.2) is 24.4 Å². The Morgan fingerprint density at radius 1 is 1.37 bits per heavy atom. The second-order valence-electron chi connectivity index (χ2n) is 4.23. The SMILES string of the molecule is Cc1cc(NCc2ccc(Cl)nc2)c(C#N)c(C)n1. The third-order valence-corrected chi connectivity index (χ3v) is 2.94. The Balaban J connectivity index is 2.20. The van der Waals surface area contributed by atoms with Gasteiger partial charge >= 0.3 is 0 Å². The van der Waals surface area contributed by atoms with E-state index in [1.54, 1.807) is 12.3 Å². The number of pyridine rings is 2. The molecule has 96 valence electrons. The number of nitrogens with one attached hydrogen (secondary N) is 1. The molecule has 0 aliphatic rings. The molecule has 0 fully saturated rings. The lowest BCUT2D eigenvalue weighted by Gasteiger charge is -2.10. The first-order valence-electron chi connectivity index (χ1n) is 5.83. The van der Waals surface area contributed by atoms with Crippen LogP contribution in [-0.4, -0.2) is 9.97 Å². The molecule has 1 N–H and O–H groups in total. The van der Waals surface area contributed by atoms with Crippen molar-refractivity contribution < 1.29 is 0 Å². The van der Waals surface area contributed by atoms with Crippen LogP contribution in [0.1, 0.15) is 22.5 Å². The standard InChI is InChI=1S/C14H13ClN4/c1-9-5-13(12(6-16)10(2)19-9)17-7-11-3-4-14(15)18-8-11/h3-5,8H,7H2,1-2H3,(H,17,19). The van der Waals surface area contributed by atoms with Crippen LogP contribution in [0.25, 0.3) is 0 Å². The second-order valence-corrected chi connectivity index (χ2v) is 4.61. The highest BCUT2D eigenvalue weighted by Gasteiger charge is 2.07. The molecule has 2 aromatic rings. The van der Waals surface area contributed by atoms with Crippen molar-refractivity contribution in [2.45, 2.75) is 20.4 Å². The van der Waals surface area contributed by atoms with Gasteiger partial charge in [-0.25, -0.2) is 4.98 Å². The molecule has 0 aliphatic carbocycles. The predicted molar refractivity (Wildman–Crippen MR) is 75.0 cm³/mol. The van der Waals surface area contributed by atoms with Crippen molar-refractivity contribution in [2.24, 2.45) is 0 Å². The quantitative estimate of drug-likeness (QED) is 0.872. The zero-order valence-corrected chi connectivity index (χ0v) is 11.5. The first kappa shape index (κ1) is 13.3. The normalized spacial score (nSPS) is 10.0. The van der Waals surface area contributed by atoms with Gasteiger partial charge < -0.3 is 5.32 Å². The molecule has 0 spiro atoms. The summed E-state index contributed by atoms with van der Waals surface area (Å²) < 4.78 is 0. The lowest BCUT2D eigenvalue weighted by molar-refractivity contribution is 1.07. The molecule has 0 saturated carbocycles. The summed E-state index contributed by atoms with van der Waals surface area (Å²) in [5, 5.41) is 12.9. The van der Waals surface area contributed by atoms with Crippen LogP contribution in [0, 0.1) is 25.2 Å². The van der Waals surface area contributed by atoms with E-state index < -0.39 is 0 Å². The minimum absolute atomic E-state index is 0.470. The molecule has 19 heavy (non-hydrogen) atoms. The van der Waals surface area contributed by atoms with Gasteiger partial charge in [-0.05, 0) is 31.5 Å². The van der Waals surface area contributed by atoms with Gasteiger partial charge in [-0.2, -0.15) is 5.26 Å². The fourth-order valence-electron chi connectivity index (χ4n) is 1.82. The topological polar surface area (TPSA) is 61.6 Å². The van der Waals surface area contributed by atoms with Crippen molar-refractivity contribution >= 4 is 17.3 Å². The van der Waals surface area contributed by atoms with Gasteiger partial charge in [0, 0.05) is 18.4 Å². The third-order valence-electron chi connectivity index (χ3n) is 2.71. The summed E-state index contributed by atoms with van der Waals surface area (Å²) in [6.07, 6.45) is 1.71. The molecule has 0 unspecified atom stereocenters. The van der Waals surface area contributed by atoms with Gasteiger partial charge in [-0.3, -0.25) is 4.98 Å². The molecular weight excluding hydrogens is 260 g/mol. The average molecular weight is 273 g/mol. The first-order chi connectivity index (χ1) is 9.10. The summed E-state index contributed by atoms with van der Waals surface area (Å²) in [6, 6.07) is 7.69. The van der Waals surface area contributed by atoms with E-state index in [4.69, 9.17) is 16.9 Å². The summed E-state index contributed by atoms with van der Waals surface area (Å²) in [7, 11) is 0. The average Bonchev–Trinajstić information content (AvgIpc) is 2.37. The Labute approximate surface area is 117 Å². The van der Waals surface area contributed by atoms with E-state index in [2.05, 4.69) is 21.4 Å². The van der Waals surface area contributed by atoms with Crippen LogP contribution in [0.4, 0.5) is 5.69 Å². The minimum atomic E-state index is 0.470. The van der Waals surface area contributed by atoms with Gasteiger partial charge in [0.2, 0.25) is 0 Å². The van der Waals surface area contributed by atoms with E-state index in [-0.39, 0.29) is 0 Å². The Morgan fingerprint density at radius 2 is 2.16 bits per heavy atom. The van der Waals surface area contributed by atoms with Gasteiger partial charge in [0.15, 0.2) is 0 Å². The van der Waals surface area contributed by atoms with Crippen LogP contribution < -0.4 is 5.32 Å². The van der Waals surface area contributed by atoms with Crippen LogP contribution in [-0.2, 0) is 6.54 Å². The number of nitriles is 1. The monoisotopic (exact) mass is 272 g/mol. The van der Waals surface area contributed by atoms with Crippen LogP contribution in [0.2, 0.25) is 5.15 Å². The number of aryl methyl sites for hydroxylation is 2.